The molecule has 1 aliphatic rings. The number of fused-ring (bicyclic) bond motifs is 1. The van der Waals surface area contributed by atoms with Gasteiger partial charge in [0.2, 0.25) is 0 Å². The lowest BCUT2D eigenvalue weighted by molar-refractivity contribution is 0.0706. The minimum atomic E-state index is -0.786. The molecule has 0 saturated carbocycles. The number of rotatable bonds is 4. The smallest absolute Gasteiger partial charge is 0.309 e. The van der Waals surface area contributed by atoms with Crippen molar-refractivity contribution in [2.45, 2.75) is 25.9 Å². The molecule has 10 nitrogen and oxygen atoms in total. The highest BCUT2D eigenvalue weighted by molar-refractivity contribution is 6.39. The Morgan fingerprint density at radius 3 is 2.18 bits per heavy atom. The van der Waals surface area contributed by atoms with Gasteiger partial charge in [-0.1, -0.05) is 29.3 Å². The summed E-state index contributed by atoms with van der Waals surface area (Å²) in [6.45, 7) is 3.85. The van der Waals surface area contributed by atoms with Crippen molar-refractivity contribution in [3.8, 4) is 0 Å². The van der Waals surface area contributed by atoms with Crippen LogP contribution >= 0.6 is 23.2 Å². The summed E-state index contributed by atoms with van der Waals surface area (Å²) in [6.07, 6.45) is 0. The number of nitrogens with one attached hydrogen (secondary N) is 4. The lowest BCUT2D eigenvalue weighted by Gasteiger charge is -2.31. The van der Waals surface area contributed by atoms with Crippen LogP contribution in [0.25, 0.3) is 0 Å². The normalized spacial score (nSPS) is 13.9. The Morgan fingerprint density at radius 2 is 1.59 bits per heavy atom. The van der Waals surface area contributed by atoms with Crippen LogP contribution in [0.3, 0.4) is 0 Å². The largest absolute Gasteiger partial charge is 0.323 e. The van der Waals surface area contributed by atoms with Crippen LogP contribution in [0.1, 0.15) is 45.8 Å². The zero-order chi connectivity index (χ0) is 24.6. The number of carbonyl (C=O) groups excluding carboxylic acids is 3. The van der Waals surface area contributed by atoms with E-state index < -0.39 is 23.4 Å². The first-order valence-corrected chi connectivity index (χ1v) is 10.8. The van der Waals surface area contributed by atoms with Gasteiger partial charge in [0.25, 0.3) is 11.8 Å². The molecular formula is C22H20Cl2N6O4. The number of hydroxylamine groups is 1. The van der Waals surface area contributed by atoms with Gasteiger partial charge in [-0.3, -0.25) is 19.9 Å². The van der Waals surface area contributed by atoms with E-state index in [1.54, 1.807) is 23.1 Å². The minimum Gasteiger partial charge on any atom is -0.309 e. The van der Waals surface area contributed by atoms with Gasteiger partial charge in [0.1, 0.15) is 5.82 Å². The van der Waals surface area contributed by atoms with Gasteiger partial charge < -0.3 is 15.5 Å². The summed E-state index contributed by atoms with van der Waals surface area (Å²) >= 11 is 12.4. The number of para-hydroxylation sites is 1. The summed E-state index contributed by atoms with van der Waals surface area (Å²) in [6, 6.07) is 10.2. The van der Waals surface area contributed by atoms with Crippen molar-refractivity contribution < 1.29 is 19.6 Å². The van der Waals surface area contributed by atoms with Gasteiger partial charge in [0.05, 0.1) is 33.5 Å². The van der Waals surface area contributed by atoms with E-state index in [-0.39, 0.29) is 17.7 Å². The molecule has 1 aromatic heterocycles. The van der Waals surface area contributed by atoms with Gasteiger partial charge in [-0.15, -0.1) is 0 Å². The number of carbonyl (C=O) groups is 3. The molecule has 4 amide bonds. The van der Waals surface area contributed by atoms with Crippen LogP contribution in [0.5, 0.6) is 0 Å². The first kappa shape index (κ1) is 23.6. The van der Waals surface area contributed by atoms with Crippen LogP contribution in [0.4, 0.5) is 16.3 Å². The first-order chi connectivity index (χ1) is 16.1. The molecule has 0 saturated heterocycles. The third-order valence-corrected chi connectivity index (χ3v) is 6.26. The minimum absolute atomic E-state index is 0.179. The van der Waals surface area contributed by atoms with E-state index in [4.69, 9.17) is 28.4 Å². The van der Waals surface area contributed by atoms with Crippen molar-refractivity contribution >= 4 is 52.6 Å². The van der Waals surface area contributed by atoms with Crippen LogP contribution in [0.2, 0.25) is 10.0 Å². The van der Waals surface area contributed by atoms with E-state index in [9.17, 15) is 14.4 Å². The van der Waals surface area contributed by atoms with Crippen molar-refractivity contribution in [2.75, 3.05) is 10.6 Å². The molecule has 1 aliphatic heterocycles. The van der Waals surface area contributed by atoms with Crippen LogP contribution in [0, 0.1) is 0 Å². The van der Waals surface area contributed by atoms with E-state index in [0.29, 0.717) is 32.8 Å². The predicted octanol–water partition coefficient (Wildman–Crippen LogP) is 4.37. The van der Waals surface area contributed by atoms with Crippen molar-refractivity contribution in [3.05, 3.63) is 74.9 Å². The van der Waals surface area contributed by atoms with Crippen molar-refractivity contribution in [2.24, 2.45) is 0 Å². The topological polar surface area (TPSA) is 139 Å². The molecule has 2 aromatic carbocycles. The number of anilines is 2. The van der Waals surface area contributed by atoms with Gasteiger partial charge >= 0.3 is 6.03 Å². The zero-order valence-electron chi connectivity index (χ0n) is 18.1. The zero-order valence-corrected chi connectivity index (χ0v) is 19.6. The van der Waals surface area contributed by atoms with Crippen LogP contribution in [0.15, 0.2) is 42.5 Å². The van der Waals surface area contributed by atoms with Gasteiger partial charge in [0.15, 0.2) is 0 Å². The lowest BCUT2D eigenvalue weighted by Crippen LogP contribution is -2.43. The fourth-order valence-electron chi connectivity index (χ4n) is 3.75. The Morgan fingerprint density at radius 1 is 1.00 bits per heavy atom. The molecule has 5 N–H and O–H groups in total. The maximum Gasteiger partial charge on any atom is 0.323 e. The van der Waals surface area contributed by atoms with Gasteiger partial charge in [-0.05, 0) is 50.2 Å². The Balaban J connectivity index is 1.52. The van der Waals surface area contributed by atoms with Crippen LogP contribution in [-0.4, -0.2) is 38.2 Å². The molecule has 4 rings (SSSR count). The van der Waals surface area contributed by atoms with E-state index >= 15 is 0 Å². The number of aromatic nitrogens is 2. The second kappa shape index (κ2) is 8.98. The molecule has 3 aromatic rings. The highest BCUT2D eigenvalue weighted by Crippen LogP contribution is 2.41. The number of nitrogens with zero attached hydrogens (tertiary/aromatic N) is 2. The third kappa shape index (κ3) is 4.18. The number of hydrogen-bond acceptors (Lipinski definition) is 5. The van der Waals surface area contributed by atoms with Gasteiger partial charge in [-0.25, -0.2) is 10.3 Å². The highest BCUT2D eigenvalue weighted by Gasteiger charge is 2.44. The number of halogens is 2. The Labute approximate surface area is 204 Å². The van der Waals surface area contributed by atoms with Crippen molar-refractivity contribution in [3.63, 3.8) is 0 Å². The summed E-state index contributed by atoms with van der Waals surface area (Å²) in [4.78, 5) is 38.8. The monoisotopic (exact) mass is 502 g/mol. The summed E-state index contributed by atoms with van der Waals surface area (Å²) in [5, 5.41) is 22.0. The predicted molar refractivity (Wildman–Crippen MR) is 126 cm³/mol. The molecule has 0 spiro atoms. The molecule has 0 aliphatic carbocycles. The summed E-state index contributed by atoms with van der Waals surface area (Å²) in [5.74, 6) is -0.765. The second-order valence-corrected chi connectivity index (χ2v) is 8.88. The number of urea groups is 1. The summed E-state index contributed by atoms with van der Waals surface area (Å²) in [7, 11) is 0. The number of amides is 4. The van der Waals surface area contributed by atoms with E-state index in [1.165, 1.54) is 29.7 Å². The number of hydrogen-bond donors (Lipinski definition) is 5. The Bertz CT molecular complexity index is 1270. The highest BCUT2D eigenvalue weighted by atomic mass is 35.5. The lowest BCUT2D eigenvalue weighted by atomic mass is 10.0. The van der Waals surface area contributed by atoms with E-state index in [1.807, 2.05) is 13.8 Å². The maximum atomic E-state index is 13.1. The standard InChI is InChI=1S/C22H20Cl2N6O4/c1-22(2)17-13(10-30(22)21(33)25-16-14(23)4-3-5-15(16)24)18(28-27-17)26-19(31)11-6-8-12(9-7-11)20(32)29-34/h3-9,34H,10H2,1-2H3,(H,25,33)(H,29,32)(H2,26,27,28,31). The number of H-pyrrole nitrogens is 1. The first-order valence-electron chi connectivity index (χ1n) is 10.1. The molecule has 2 heterocycles. The SMILES string of the molecule is CC1(C)c2n[nH]c(NC(=O)c3ccc(C(=O)NO)cc3)c2CN1C(=O)Nc1c(Cl)cccc1Cl. The maximum absolute atomic E-state index is 13.1. The van der Waals surface area contributed by atoms with Crippen molar-refractivity contribution in [1.82, 2.24) is 20.6 Å². The molecular weight excluding hydrogens is 483 g/mol. The summed E-state index contributed by atoms with van der Waals surface area (Å²) < 4.78 is 0. The van der Waals surface area contributed by atoms with Gasteiger partial charge in [0, 0.05) is 16.7 Å². The molecule has 34 heavy (non-hydrogen) atoms. The molecule has 0 unspecified atom stereocenters. The molecule has 12 heteroatoms. The molecule has 0 radical (unpaired) electrons. The summed E-state index contributed by atoms with van der Waals surface area (Å²) in [5.41, 5.74) is 2.82. The molecule has 0 bridgehead atoms. The average Bonchev–Trinajstić information content (AvgIpc) is 3.33. The Kier molecular flexibility index (Phi) is 6.22. The Hall–Kier alpha value is -3.60. The average molecular weight is 503 g/mol. The number of aromatic amines is 1. The molecule has 0 atom stereocenters. The van der Waals surface area contributed by atoms with Crippen LogP contribution in [-0.2, 0) is 12.1 Å². The van der Waals surface area contributed by atoms with Crippen LogP contribution < -0.4 is 16.1 Å². The van der Waals surface area contributed by atoms with E-state index in [0.717, 1.165) is 0 Å². The number of benzene rings is 2. The van der Waals surface area contributed by atoms with Crippen molar-refractivity contribution in [1.29, 1.82) is 0 Å². The quantitative estimate of drug-likeness (QED) is 0.266. The van der Waals surface area contributed by atoms with E-state index in [2.05, 4.69) is 20.8 Å². The van der Waals surface area contributed by atoms with Gasteiger partial charge in [-0.2, -0.15) is 5.10 Å². The third-order valence-electron chi connectivity index (χ3n) is 5.63. The molecule has 176 valence electrons. The second-order valence-electron chi connectivity index (χ2n) is 8.07. The molecule has 0 fully saturated rings. The fraction of sp³-hybridized carbons (Fsp3) is 0.182. The fourth-order valence-corrected chi connectivity index (χ4v) is 4.24.